The Morgan fingerprint density at radius 2 is 2.10 bits per heavy atom. The minimum Gasteiger partial charge on any atom is -0.370 e. The van der Waals surface area contributed by atoms with Crippen LogP contribution in [0.5, 0.6) is 0 Å². The van der Waals surface area contributed by atoms with Gasteiger partial charge in [0.25, 0.3) is 0 Å². The molecule has 152 valence electrons. The van der Waals surface area contributed by atoms with E-state index in [-0.39, 0.29) is 11.9 Å². The first-order chi connectivity index (χ1) is 14.6. The van der Waals surface area contributed by atoms with Gasteiger partial charge in [0.1, 0.15) is 17.7 Å². The van der Waals surface area contributed by atoms with Crippen LogP contribution in [0.25, 0.3) is 22.2 Å². The van der Waals surface area contributed by atoms with Gasteiger partial charge in [-0.2, -0.15) is 5.10 Å². The predicted octanol–water partition coefficient (Wildman–Crippen LogP) is 4.40. The highest BCUT2D eigenvalue weighted by Crippen LogP contribution is 2.34. The molecule has 0 saturated carbocycles. The van der Waals surface area contributed by atoms with Gasteiger partial charge in [-0.15, -0.1) is 0 Å². The maximum absolute atomic E-state index is 14.8. The smallest absolute Gasteiger partial charge is 0.162 e. The van der Waals surface area contributed by atoms with Crippen LogP contribution in [0.4, 0.5) is 10.2 Å². The minimum atomic E-state index is -0.375. The first-order valence-corrected chi connectivity index (χ1v) is 10.0. The van der Waals surface area contributed by atoms with Crippen molar-refractivity contribution in [1.29, 1.82) is 0 Å². The van der Waals surface area contributed by atoms with Gasteiger partial charge in [-0.05, 0) is 42.0 Å². The number of fused-ring (bicyclic) bond motifs is 1. The predicted molar refractivity (Wildman–Crippen MR) is 114 cm³/mol. The lowest BCUT2D eigenvalue weighted by Gasteiger charge is -2.33. The third-order valence-corrected chi connectivity index (χ3v) is 5.51. The zero-order valence-electron chi connectivity index (χ0n) is 16.3. The van der Waals surface area contributed by atoms with Gasteiger partial charge in [0.2, 0.25) is 0 Å². The monoisotopic (exact) mass is 423 g/mol. The molecule has 3 aromatic heterocycles. The fourth-order valence-electron chi connectivity index (χ4n) is 3.80. The van der Waals surface area contributed by atoms with E-state index in [0.717, 1.165) is 22.3 Å². The highest BCUT2D eigenvalue weighted by molar-refractivity contribution is 6.30. The van der Waals surface area contributed by atoms with Crippen LogP contribution in [0.15, 0.2) is 55.0 Å². The average Bonchev–Trinajstić information content (AvgIpc) is 3.20. The van der Waals surface area contributed by atoms with E-state index in [1.807, 2.05) is 37.6 Å². The molecule has 1 aliphatic heterocycles. The van der Waals surface area contributed by atoms with Crippen molar-refractivity contribution < 1.29 is 9.13 Å². The fourth-order valence-corrected chi connectivity index (χ4v) is 3.96. The lowest BCUT2D eigenvalue weighted by atomic mass is 10.0. The molecule has 8 heteroatoms. The summed E-state index contributed by atoms with van der Waals surface area (Å²) in [4.78, 5) is 11.3. The van der Waals surface area contributed by atoms with Crippen molar-refractivity contribution in [3.05, 3.63) is 71.4 Å². The van der Waals surface area contributed by atoms with Crippen molar-refractivity contribution in [3.63, 3.8) is 0 Å². The SMILES string of the molecule is Cn1cc([C@H]2CN(c3cc(-c4ccc(Cl)cc4F)c4cccnc4n3)CCO2)cn1. The van der Waals surface area contributed by atoms with Gasteiger partial charge in [0.05, 0.1) is 12.8 Å². The van der Waals surface area contributed by atoms with Gasteiger partial charge in [0, 0.05) is 54.1 Å². The van der Waals surface area contributed by atoms with Crippen molar-refractivity contribution in [1.82, 2.24) is 19.7 Å². The van der Waals surface area contributed by atoms with Crippen LogP contribution in [0.3, 0.4) is 0 Å². The number of halogens is 2. The largest absolute Gasteiger partial charge is 0.370 e. The molecule has 5 rings (SSSR count). The van der Waals surface area contributed by atoms with Gasteiger partial charge in [-0.3, -0.25) is 4.68 Å². The molecular weight excluding hydrogens is 405 g/mol. The highest BCUT2D eigenvalue weighted by Gasteiger charge is 2.25. The van der Waals surface area contributed by atoms with Gasteiger partial charge in [-0.1, -0.05) is 11.6 Å². The van der Waals surface area contributed by atoms with Crippen LogP contribution in [-0.2, 0) is 11.8 Å². The number of rotatable bonds is 3. The Hall–Kier alpha value is -3.03. The van der Waals surface area contributed by atoms with E-state index in [1.54, 1.807) is 23.0 Å². The number of anilines is 1. The zero-order chi connectivity index (χ0) is 20.7. The number of nitrogens with zero attached hydrogens (tertiary/aromatic N) is 5. The fraction of sp³-hybridized carbons (Fsp3) is 0.227. The lowest BCUT2D eigenvalue weighted by Crippen LogP contribution is -2.38. The number of hydrogen-bond donors (Lipinski definition) is 0. The van der Waals surface area contributed by atoms with E-state index >= 15 is 0 Å². The van der Waals surface area contributed by atoms with E-state index < -0.39 is 0 Å². The first kappa shape index (κ1) is 19.0. The number of morpholine rings is 1. The molecule has 0 amide bonds. The number of aryl methyl sites for hydroxylation is 1. The molecule has 0 N–H and O–H groups in total. The third kappa shape index (κ3) is 3.51. The molecule has 1 aliphatic rings. The molecule has 0 bridgehead atoms. The Bertz CT molecular complexity index is 1230. The molecule has 0 spiro atoms. The number of ether oxygens (including phenoxy) is 1. The van der Waals surface area contributed by atoms with Crippen LogP contribution in [0, 0.1) is 5.82 Å². The third-order valence-electron chi connectivity index (χ3n) is 5.28. The summed E-state index contributed by atoms with van der Waals surface area (Å²) >= 11 is 5.96. The second kappa shape index (κ2) is 7.66. The van der Waals surface area contributed by atoms with Crippen LogP contribution in [0.1, 0.15) is 11.7 Å². The van der Waals surface area contributed by atoms with Crippen molar-refractivity contribution in [3.8, 4) is 11.1 Å². The Morgan fingerprint density at radius 1 is 1.20 bits per heavy atom. The van der Waals surface area contributed by atoms with Crippen molar-refractivity contribution in [2.45, 2.75) is 6.10 Å². The van der Waals surface area contributed by atoms with Crippen molar-refractivity contribution >= 4 is 28.5 Å². The number of aromatic nitrogens is 4. The van der Waals surface area contributed by atoms with E-state index in [2.05, 4.69) is 15.0 Å². The summed E-state index contributed by atoms with van der Waals surface area (Å²) in [5.41, 5.74) is 2.80. The summed E-state index contributed by atoms with van der Waals surface area (Å²) < 4.78 is 22.5. The summed E-state index contributed by atoms with van der Waals surface area (Å²) in [6.45, 7) is 1.87. The number of hydrogen-bond acceptors (Lipinski definition) is 5. The van der Waals surface area contributed by atoms with Gasteiger partial charge in [-0.25, -0.2) is 14.4 Å². The molecule has 30 heavy (non-hydrogen) atoms. The van der Waals surface area contributed by atoms with E-state index in [1.165, 1.54) is 6.07 Å². The molecule has 4 heterocycles. The Labute approximate surface area is 177 Å². The first-order valence-electron chi connectivity index (χ1n) is 9.65. The van der Waals surface area contributed by atoms with Gasteiger partial charge in [0.15, 0.2) is 5.65 Å². The average molecular weight is 424 g/mol. The molecule has 1 fully saturated rings. The molecule has 0 radical (unpaired) electrons. The summed E-state index contributed by atoms with van der Waals surface area (Å²) in [6, 6.07) is 10.4. The van der Waals surface area contributed by atoms with E-state index in [9.17, 15) is 4.39 Å². The number of pyridine rings is 2. The molecular formula is C22H19ClFN5O. The van der Waals surface area contributed by atoms with Crippen LogP contribution < -0.4 is 4.90 Å². The van der Waals surface area contributed by atoms with Crippen molar-refractivity contribution in [2.75, 3.05) is 24.6 Å². The van der Waals surface area contributed by atoms with Crippen molar-refractivity contribution in [2.24, 2.45) is 7.05 Å². The van der Waals surface area contributed by atoms with E-state index in [4.69, 9.17) is 21.3 Å². The molecule has 4 aromatic rings. The summed E-state index contributed by atoms with van der Waals surface area (Å²) in [5.74, 6) is 0.364. The quantitative estimate of drug-likeness (QED) is 0.489. The molecule has 1 saturated heterocycles. The maximum atomic E-state index is 14.8. The standard InChI is InChI=1S/C22H19ClFN5O/c1-28-12-14(11-26-28)20-13-29(7-8-30-20)21-10-18(16-5-4-15(23)9-19(16)24)17-3-2-6-25-22(17)27-21/h2-6,9-12,20H,7-8,13H2,1H3/t20-/m1/s1. The second-order valence-corrected chi connectivity index (χ2v) is 7.72. The Balaban J connectivity index is 1.58. The zero-order valence-corrected chi connectivity index (χ0v) is 17.1. The second-order valence-electron chi connectivity index (χ2n) is 7.28. The number of benzene rings is 1. The Kier molecular flexibility index (Phi) is 4.84. The summed E-state index contributed by atoms with van der Waals surface area (Å²) in [5, 5.41) is 5.39. The normalized spacial score (nSPS) is 16.9. The topological polar surface area (TPSA) is 56.1 Å². The van der Waals surface area contributed by atoms with Crippen LogP contribution >= 0.6 is 11.6 Å². The molecule has 0 unspecified atom stereocenters. The van der Waals surface area contributed by atoms with Crippen LogP contribution in [0.2, 0.25) is 5.02 Å². The van der Waals surface area contributed by atoms with Gasteiger partial charge < -0.3 is 9.64 Å². The summed E-state index contributed by atoms with van der Waals surface area (Å²) in [6.07, 6.45) is 5.36. The minimum absolute atomic E-state index is 0.107. The highest BCUT2D eigenvalue weighted by atomic mass is 35.5. The summed E-state index contributed by atoms with van der Waals surface area (Å²) in [7, 11) is 1.88. The molecule has 1 aromatic carbocycles. The Morgan fingerprint density at radius 3 is 2.90 bits per heavy atom. The maximum Gasteiger partial charge on any atom is 0.162 e. The lowest BCUT2D eigenvalue weighted by molar-refractivity contribution is 0.0395. The molecule has 6 nitrogen and oxygen atoms in total. The van der Waals surface area contributed by atoms with Gasteiger partial charge >= 0.3 is 0 Å². The van der Waals surface area contributed by atoms with Crippen LogP contribution in [-0.4, -0.2) is 39.4 Å². The molecule has 1 atom stereocenters. The molecule has 0 aliphatic carbocycles. The van der Waals surface area contributed by atoms with E-state index in [0.29, 0.717) is 35.9 Å².